The lowest BCUT2D eigenvalue weighted by Crippen LogP contribution is -2.05. The van der Waals surface area contributed by atoms with E-state index in [0.29, 0.717) is 5.82 Å². The molecule has 1 aliphatic carbocycles. The number of anilines is 1. The number of nitrogens with two attached hydrogens (primary N) is 1. The molecule has 6 heteroatoms. The van der Waals surface area contributed by atoms with Crippen LogP contribution in [0.4, 0.5) is 14.6 Å². The van der Waals surface area contributed by atoms with E-state index < -0.39 is 11.6 Å². The van der Waals surface area contributed by atoms with Crippen LogP contribution in [0.25, 0.3) is 5.69 Å². The van der Waals surface area contributed by atoms with Gasteiger partial charge in [-0.05, 0) is 41.3 Å². The number of halogens is 3. The monoisotopic (exact) mass is 313 g/mol. The van der Waals surface area contributed by atoms with Gasteiger partial charge in [0, 0.05) is 17.3 Å². The molecule has 1 heterocycles. The van der Waals surface area contributed by atoms with Crippen molar-refractivity contribution in [2.45, 2.75) is 19.3 Å². The van der Waals surface area contributed by atoms with Gasteiger partial charge in [0.1, 0.15) is 17.3 Å². The molecular weight excluding hydrogens is 304 g/mol. The maximum Gasteiger partial charge on any atom is 0.151 e. The zero-order chi connectivity index (χ0) is 12.9. The number of rotatable bonds is 1. The molecule has 2 aromatic rings. The minimum atomic E-state index is -0.645. The molecule has 1 aliphatic rings. The average Bonchev–Trinajstić information content (AvgIpc) is 2.89. The van der Waals surface area contributed by atoms with Crippen LogP contribution < -0.4 is 5.73 Å². The van der Waals surface area contributed by atoms with Gasteiger partial charge in [0.25, 0.3) is 0 Å². The van der Waals surface area contributed by atoms with Crippen molar-refractivity contribution in [3.63, 3.8) is 0 Å². The van der Waals surface area contributed by atoms with Crippen molar-refractivity contribution in [3.8, 4) is 5.69 Å². The van der Waals surface area contributed by atoms with Gasteiger partial charge in [0.2, 0.25) is 0 Å². The van der Waals surface area contributed by atoms with Crippen LogP contribution in [-0.2, 0) is 12.8 Å². The predicted molar refractivity (Wildman–Crippen MR) is 67.6 cm³/mol. The van der Waals surface area contributed by atoms with Crippen molar-refractivity contribution in [2.75, 3.05) is 5.73 Å². The van der Waals surface area contributed by atoms with Crippen molar-refractivity contribution in [1.29, 1.82) is 0 Å². The quantitative estimate of drug-likeness (QED) is 0.823. The van der Waals surface area contributed by atoms with Crippen LogP contribution in [0.15, 0.2) is 16.6 Å². The second-order valence-electron chi connectivity index (χ2n) is 4.29. The first-order chi connectivity index (χ1) is 8.58. The second-order valence-corrected chi connectivity index (χ2v) is 5.15. The van der Waals surface area contributed by atoms with E-state index in [1.54, 1.807) is 0 Å². The molecule has 0 radical (unpaired) electrons. The number of benzene rings is 1. The largest absolute Gasteiger partial charge is 0.382 e. The highest BCUT2D eigenvalue weighted by Gasteiger charge is 2.23. The lowest BCUT2D eigenvalue weighted by atomic mass is 10.2. The first kappa shape index (κ1) is 11.6. The molecule has 0 saturated heterocycles. The lowest BCUT2D eigenvalue weighted by Gasteiger charge is -2.08. The van der Waals surface area contributed by atoms with E-state index in [2.05, 4.69) is 21.0 Å². The summed E-state index contributed by atoms with van der Waals surface area (Å²) in [5.41, 5.74) is 7.93. The summed E-state index contributed by atoms with van der Waals surface area (Å²) >= 11 is 3.05. The number of nitrogen functional groups attached to an aromatic ring is 1. The Hall–Kier alpha value is -1.43. The molecular formula is C12H10BrF2N3. The SMILES string of the molecule is Nc1nn(-c2cc(Br)c(F)cc2F)c2c1CCC2. The Morgan fingerprint density at radius 1 is 1.22 bits per heavy atom. The third-order valence-electron chi connectivity index (χ3n) is 3.18. The highest BCUT2D eigenvalue weighted by atomic mass is 79.9. The van der Waals surface area contributed by atoms with Crippen molar-refractivity contribution < 1.29 is 8.78 Å². The molecule has 1 aromatic carbocycles. The van der Waals surface area contributed by atoms with Gasteiger partial charge < -0.3 is 5.73 Å². The van der Waals surface area contributed by atoms with Crippen LogP contribution in [0, 0.1) is 11.6 Å². The first-order valence-corrected chi connectivity index (χ1v) is 6.38. The Kier molecular flexibility index (Phi) is 2.62. The lowest BCUT2D eigenvalue weighted by molar-refractivity contribution is 0.568. The predicted octanol–water partition coefficient (Wildman–Crippen LogP) is 2.98. The van der Waals surface area contributed by atoms with Crippen molar-refractivity contribution in [1.82, 2.24) is 9.78 Å². The average molecular weight is 314 g/mol. The van der Waals surface area contributed by atoms with Gasteiger partial charge in [-0.25, -0.2) is 13.5 Å². The van der Waals surface area contributed by atoms with Crippen LogP contribution in [-0.4, -0.2) is 9.78 Å². The summed E-state index contributed by atoms with van der Waals surface area (Å²) < 4.78 is 28.7. The maximum atomic E-state index is 13.8. The summed E-state index contributed by atoms with van der Waals surface area (Å²) in [6, 6.07) is 2.23. The van der Waals surface area contributed by atoms with Crippen LogP contribution >= 0.6 is 15.9 Å². The Balaban J connectivity index is 2.22. The second kappa shape index (κ2) is 4.05. The van der Waals surface area contributed by atoms with E-state index in [9.17, 15) is 8.78 Å². The summed E-state index contributed by atoms with van der Waals surface area (Å²) in [5, 5.41) is 4.15. The Bertz CT molecular complexity index is 637. The molecule has 0 amide bonds. The van der Waals surface area contributed by atoms with E-state index >= 15 is 0 Å². The first-order valence-electron chi connectivity index (χ1n) is 5.59. The van der Waals surface area contributed by atoms with Gasteiger partial charge in [-0.1, -0.05) is 0 Å². The number of hydrogen-bond donors (Lipinski definition) is 1. The molecule has 0 bridgehead atoms. The smallest absolute Gasteiger partial charge is 0.151 e. The third kappa shape index (κ3) is 1.63. The normalized spacial score (nSPS) is 13.9. The maximum absolute atomic E-state index is 13.8. The van der Waals surface area contributed by atoms with E-state index in [4.69, 9.17) is 5.73 Å². The minimum Gasteiger partial charge on any atom is -0.382 e. The molecule has 3 rings (SSSR count). The summed E-state index contributed by atoms with van der Waals surface area (Å²) in [6.07, 6.45) is 2.67. The topological polar surface area (TPSA) is 43.8 Å². The minimum absolute atomic E-state index is 0.208. The fourth-order valence-electron chi connectivity index (χ4n) is 2.34. The molecule has 0 aliphatic heterocycles. The van der Waals surface area contributed by atoms with Gasteiger partial charge in [-0.3, -0.25) is 0 Å². The zero-order valence-electron chi connectivity index (χ0n) is 9.38. The Morgan fingerprint density at radius 3 is 2.78 bits per heavy atom. The molecule has 3 nitrogen and oxygen atoms in total. The van der Waals surface area contributed by atoms with Gasteiger partial charge >= 0.3 is 0 Å². The standard InChI is InChI=1S/C12H10BrF2N3/c13-7-4-11(9(15)5-8(7)14)18-10-3-1-2-6(10)12(16)17-18/h4-5H,1-3H2,(H2,16,17). The molecule has 0 saturated carbocycles. The highest BCUT2D eigenvalue weighted by Crippen LogP contribution is 2.31. The third-order valence-corrected chi connectivity index (χ3v) is 3.79. The Labute approximate surface area is 111 Å². The molecule has 2 N–H and O–H groups in total. The summed E-state index contributed by atoms with van der Waals surface area (Å²) in [7, 11) is 0. The van der Waals surface area contributed by atoms with E-state index in [-0.39, 0.29) is 10.2 Å². The van der Waals surface area contributed by atoms with Crippen LogP contribution in [0.2, 0.25) is 0 Å². The van der Waals surface area contributed by atoms with Crippen LogP contribution in [0.5, 0.6) is 0 Å². The van der Waals surface area contributed by atoms with Gasteiger partial charge in [0.15, 0.2) is 5.82 Å². The molecule has 0 unspecified atom stereocenters. The van der Waals surface area contributed by atoms with E-state index in [1.165, 1.54) is 10.7 Å². The Morgan fingerprint density at radius 2 is 2.00 bits per heavy atom. The van der Waals surface area contributed by atoms with Gasteiger partial charge in [-0.15, -0.1) is 0 Å². The summed E-state index contributed by atoms with van der Waals surface area (Å²) in [6.45, 7) is 0. The molecule has 1 aromatic heterocycles. The summed E-state index contributed by atoms with van der Waals surface area (Å²) in [5.74, 6) is -0.844. The van der Waals surface area contributed by atoms with Gasteiger partial charge in [0.05, 0.1) is 4.47 Å². The summed E-state index contributed by atoms with van der Waals surface area (Å²) in [4.78, 5) is 0. The van der Waals surface area contributed by atoms with E-state index in [1.807, 2.05) is 0 Å². The molecule has 0 fully saturated rings. The van der Waals surface area contributed by atoms with Crippen molar-refractivity contribution in [2.24, 2.45) is 0 Å². The van der Waals surface area contributed by atoms with Crippen LogP contribution in [0.1, 0.15) is 17.7 Å². The fraction of sp³-hybridized carbons (Fsp3) is 0.250. The molecule has 94 valence electrons. The highest BCUT2D eigenvalue weighted by molar-refractivity contribution is 9.10. The number of hydrogen-bond acceptors (Lipinski definition) is 2. The van der Waals surface area contributed by atoms with Gasteiger partial charge in [-0.2, -0.15) is 5.10 Å². The molecule has 0 spiro atoms. The molecule has 0 atom stereocenters. The van der Waals surface area contributed by atoms with E-state index in [0.717, 1.165) is 36.6 Å². The molecule has 18 heavy (non-hydrogen) atoms. The number of nitrogens with zero attached hydrogens (tertiary/aromatic N) is 2. The van der Waals surface area contributed by atoms with Crippen molar-refractivity contribution in [3.05, 3.63) is 39.5 Å². The van der Waals surface area contributed by atoms with Crippen molar-refractivity contribution >= 4 is 21.7 Å². The number of aromatic nitrogens is 2. The van der Waals surface area contributed by atoms with Crippen LogP contribution in [0.3, 0.4) is 0 Å². The number of fused-ring (bicyclic) bond motifs is 1. The fourth-order valence-corrected chi connectivity index (χ4v) is 2.67. The zero-order valence-corrected chi connectivity index (χ0v) is 11.0.